The van der Waals surface area contributed by atoms with Crippen LogP contribution >= 0.6 is 0 Å². The predicted molar refractivity (Wildman–Crippen MR) is 92.3 cm³/mol. The first kappa shape index (κ1) is 16.7. The lowest BCUT2D eigenvalue weighted by atomic mass is 9.88. The van der Waals surface area contributed by atoms with E-state index in [0.29, 0.717) is 5.75 Å². The second-order valence-electron chi connectivity index (χ2n) is 6.75. The number of phenolic OH excluding ortho intramolecular Hbond substituents is 1. The zero-order valence-corrected chi connectivity index (χ0v) is 14.5. The Hall–Kier alpha value is -1.64. The monoisotopic (exact) mass is 303 g/mol. The Morgan fingerprint density at radius 2 is 1.77 bits per heavy atom. The van der Waals surface area contributed by atoms with E-state index in [4.69, 9.17) is 10.5 Å². The first-order valence-electron chi connectivity index (χ1n) is 8.31. The van der Waals surface area contributed by atoms with Crippen molar-refractivity contribution in [3.8, 4) is 11.5 Å². The number of phenols is 1. The standard InChI is InChI=1S/C19H29NO2/c1-6-7-8-9-10-19(5)11-15(20)16-14(4)17(21)12(2)13(3)18(16)22-19/h11,21H,6-10,20H2,1-5H3. The molecular formula is C19H29NO2. The molecule has 0 spiro atoms. The Bertz CT molecular complexity index is 604. The lowest BCUT2D eigenvalue weighted by Gasteiger charge is -2.35. The second kappa shape index (κ2) is 6.23. The van der Waals surface area contributed by atoms with Crippen LogP contribution in [0, 0.1) is 20.8 Å². The zero-order chi connectivity index (χ0) is 16.5. The molecule has 0 bridgehead atoms. The van der Waals surface area contributed by atoms with Crippen LogP contribution < -0.4 is 10.5 Å². The fourth-order valence-corrected chi connectivity index (χ4v) is 3.27. The summed E-state index contributed by atoms with van der Waals surface area (Å²) in [4.78, 5) is 0. The average Bonchev–Trinajstić information content (AvgIpc) is 2.47. The lowest BCUT2D eigenvalue weighted by molar-refractivity contribution is 0.121. The van der Waals surface area contributed by atoms with Crippen molar-refractivity contribution in [2.45, 2.75) is 72.3 Å². The van der Waals surface area contributed by atoms with Gasteiger partial charge in [-0.25, -0.2) is 0 Å². The van der Waals surface area contributed by atoms with Gasteiger partial charge in [-0.2, -0.15) is 0 Å². The quantitative estimate of drug-likeness (QED) is 0.773. The smallest absolute Gasteiger partial charge is 0.133 e. The lowest BCUT2D eigenvalue weighted by Crippen LogP contribution is -2.35. The molecule has 0 aromatic heterocycles. The summed E-state index contributed by atoms with van der Waals surface area (Å²) in [6, 6.07) is 0. The second-order valence-corrected chi connectivity index (χ2v) is 6.75. The van der Waals surface area contributed by atoms with Gasteiger partial charge >= 0.3 is 0 Å². The maximum absolute atomic E-state index is 10.3. The number of hydrogen-bond donors (Lipinski definition) is 2. The topological polar surface area (TPSA) is 55.5 Å². The number of nitrogens with two attached hydrogens (primary N) is 1. The molecule has 0 fully saturated rings. The molecule has 1 aliphatic heterocycles. The van der Waals surface area contributed by atoms with Gasteiger partial charge in [0.25, 0.3) is 0 Å². The molecule has 3 heteroatoms. The number of hydrogen-bond acceptors (Lipinski definition) is 3. The van der Waals surface area contributed by atoms with Crippen LogP contribution in [-0.2, 0) is 0 Å². The van der Waals surface area contributed by atoms with Crippen molar-refractivity contribution in [1.29, 1.82) is 0 Å². The first-order valence-corrected chi connectivity index (χ1v) is 8.31. The normalized spacial score (nSPS) is 20.3. The fraction of sp³-hybridized carbons (Fsp3) is 0.579. The number of benzene rings is 1. The van der Waals surface area contributed by atoms with Crippen molar-refractivity contribution in [2.24, 2.45) is 5.73 Å². The fourth-order valence-electron chi connectivity index (χ4n) is 3.27. The molecule has 3 nitrogen and oxygen atoms in total. The van der Waals surface area contributed by atoms with Gasteiger partial charge in [-0.3, -0.25) is 0 Å². The van der Waals surface area contributed by atoms with Crippen molar-refractivity contribution in [3.05, 3.63) is 28.3 Å². The van der Waals surface area contributed by atoms with E-state index in [2.05, 4.69) is 13.8 Å². The third kappa shape index (κ3) is 2.94. The Labute approximate surface area is 134 Å². The van der Waals surface area contributed by atoms with Crippen LogP contribution in [0.5, 0.6) is 11.5 Å². The van der Waals surface area contributed by atoms with Crippen LogP contribution in [0.15, 0.2) is 6.08 Å². The minimum Gasteiger partial charge on any atom is -0.507 e. The van der Waals surface area contributed by atoms with Crippen molar-refractivity contribution in [1.82, 2.24) is 0 Å². The number of aromatic hydroxyl groups is 1. The maximum atomic E-state index is 10.3. The molecule has 1 aromatic rings. The predicted octanol–water partition coefficient (Wildman–Crippen LogP) is 4.74. The van der Waals surface area contributed by atoms with Gasteiger partial charge in [-0.05, 0) is 57.7 Å². The van der Waals surface area contributed by atoms with Gasteiger partial charge in [0.15, 0.2) is 0 Å². The molecule has 1 heterocycles. The van der Waals surface area contributed by atoms with E-state index in [1.807, 2.05) is 26.8 Å². The molecule has 0 saturated carbocycles. The van der Waals surface area contributed by atoms with Gasteiger partial charge < -0.3 is 15.6 Å². The van der Waals surface area contributed by atoms with Crippen LogP contribution in [-0.4, -0.2) is 10.7 Å². The highest BCUT2D eigenvalue weighted by Gasteiger charge is 2.33. The van der Waals surface area contributed by atoms with E-state index in [9.17, 15) is 5.11 Å². The van der Waals surface area contributed by atoms with Crippen LogP contribution in [0.25, 0.3) is 5.70 Å². The highest BCUT2D eigenvalue weighted by molar-refractivity contribution is 5.78. The molecule has 1 aromatic carbocycles. The third-order valence-electron chi connectivity index (χ3n) is 4.83. The van der Waals surface area contributed by atoms with E-state index in [0.717, 1.165) is 46.5 Å². The summed E-state index contributed by atoms with van der Waals surface area (Å²) in [5.74, 6) is 1.16. The molecule has 0 aliphatic carbocycles. The van der Waals surface area contributed by atoms with Crippen LogP contribution in [0.3, 0.4) is 0 Å². The molecule has 1 atom stereocenters. The molecule has 1 aliphatic rings. The largest absolute Gasteiger partial charge is 0.507 e. The van der Waals surface area contributed by atoms with Crippen molar-refractivity contribution >= 4 is 5.70 Å². The van der Waals surface area contributed by atoms with Gasteiger partial charge in [-0.1, -0.05) is 26.2 Å². The van der Waals surface area contributed by atoms with Gasteiger partial charge in [0.05, 0.1) is 0 Å². The Balaban J connectivity index is 2.35. The Morgan fingerprint density at radius 3 is 2.41 bits per heavy atom. The number of unbranched alkanes of at least 4 members (excludes halogenated alkanes) is 3. The molecule has 0 saturated heterocycles. The van der Waals surface area contributed by atoms with E-state index in [1.54, 1.807) is 0 Å². The summed E-state index contributed by atoms with van der Waals surface area (Å²) in [6.07, 6.45) is 7.83. The summed E-state index contributed by atoms with van der Waals surface area (Å²) >= 11 is 0. The van der Waals surface area contributed by atoms with E-state index in [-0.39, 0.29) is 5.60 Å². The highest BCUT2D eigenvalue weighted by atomic mass is 16.5. The van der Waals surface area contributed by atoms with Crippen LogP contribution in [0.2, 0.25) is 0 Å². The van der Waals surface area contributed by atoms with Crippen molar-refractivity contribution in [3.63, 3.8) is 0 Å². The summed E-state index contributed by atoms with van der Waals surface area (Å²) < 4.78 is 6.35. The van der Waals surface area contributed by atoms with Crippen LogP contribution in [0.4, 0.5) is 0 Å². The van der Waals surface area contributed by atoms with E-state index in [1.165, 1.54) is 19.3 Å². The molecule has 2 rings (SSSR count). The number of rotatable bonds is 5. The minimum absolute atomic E-state index is 0.322. The highest BCUT2D eigenvalue weighted by Crippen LogP contribution is 2.45. The van der Waals surface area contributed by atoms with Crippen LogP contribution in [0.1, 0.15) is 68.2 Å². The zero-order valence-electron chi connectivity index (χ0n) is 14.5. The molecular weight excluding hydrogens is 274 g/mol. The molecule has 3 N–H and O–H groups in total. The molecule has 22 heavy (non-hydrogen) atoms. The van der Waals surface area contributed by atoms with E-state index < -0.39 is 0 Å². The number of fused-ring (bicyclic) bond motifs is 1. The van der Waals surface area contributed by atoms with Crippen molar-refractivity contribution < 1.29 is 9.84 Å². The molecule has 0 radical (unpaired) electrons. The Kier molecular flexibility index (Phi) is 4.74. The van der Waals surface area contributed by atoms with Gasteiger partial charge in [0, 0.05) is 16.8 Å². The number of ether oxygens (including phenoxy) is 1. The molecule has 1 unspecified atom stereocenters. The molecule has 122 valence electrons. The maximum Gasteiger partial charge on any atom is 0.133 e. The van der Waals surface area contributed by atoms with Gasteiger partial charge in [-0.15, -0.1) is 0 Å². The Morgan fingerprint density at radius 1 is 1.09 bits per heavy atom. The summed E-state index contributed by atoms with van der Waals surface area (Å²) in [5.41, 5.74) is 10.2. The van der Waals surface area contributed by atoms with Crippen molar-refractivity contribution in [2.75, 3.05) is 0 Å². The summed E-state index contributed by atoms with van der Waals surface area (Å²) in [5, 5.41) is 10.3. The van der Waals surface area contributed by atoms with Gasteiger partial charge in [0.2, 0.25) is 0 Å². The van der Waals surface area contributed by atoms with E-state index >= 15 is 0 Å². The van der Waals surface area contributed by atoms with Gasteiger partial charge in [0.1, 0.15) is 17.1 Å². The minimum atomic E-state index is -0.356. The third-order valence-corrected chi connectivity index (χ3v) is 4.83. The summed E-state index contributed by atoms with van der Waals surface area (Å²) in [7, 11) is 0. The molecule has 0 amide bonds. The summed E-state index contributed by atoms with van der Waals surface area (Å²) in [6.45, 7) is 10.1. The first-order chi connectivity index (χ1) is 10.3. The average molecular weight is 303 g/mol. The SMILES string of the molecule is CCCCCCC1(C)C=C(N)c2c(C)c(O)c(C)c(C)c2O1.